The van der Waals surface area contributed by atoms with Gasteiger partial charge in [0.15, 0.2) is 11.5 Å². The predicted molar refractivity (Wildman–Crippen MR) is 85.4 cm³/mol. The van der Waals surface area contributed by atoms with Crippen LogP contribution in [0.3, 0.4) is 0 Å². The van der Waals surface area contributed by atoms with Crippen LogP contribution in [0.2, 0.25) is 5.02 Å². The molecule has 3 nitrogen and oxygen atoms in total. The van der Waals surface area contributed by atoms with E-state index >= 15 is 0 Å². The molecule has 1 aromatic carbocycles. The molecule has 2 aliphatic rings. The van der Waals surface area contributed by atoms with Crippen LogP contribution in [0.4, 0.5) is 0 Å². The molecule has 4 heteroatoms. The second-order valence-electron chi connectivity index (χ2n) is 6.06. The second kappa shape index (κ2) is 6.89. The minimum Gasteiger partial charge on any atom is -0.490 e. The third-order valence-corrected chi connectivity index (χ3v) is 4.48. The fraction of sp³-hybridized carbons (Fsp3) is 0.647. The Labute approximate surface area is 132 Å². The molecule has 1 aliphatic heterocycles. The van der Waals surface area contributed by atoms with Crippen LogP contribution < -0.4 is 14.8 Å². The molecule has 21 heavy (non-hydrogen) atoms. The van der Waals surface area contributed by atoms with Gasteiger partial charge in [-0.1, -0.05) is 31.4 Å². The van der Waals surface area contributed by atoms with Gasteiger partial charge in [0.05, 0.1) is 13.2 Å². The molecule has 3 rings (SSSR count). The number of rotatable bonds is 6. The number of halogens is 1. The van der Waals surface area contributed by atoms with E-state index in [2.05, 4.69) is 18.3 Å². The average Bonchev–Trinajstić information content (AvgIpc) is 3.29. The molecule has 1 fully saturated rings. The van der Waals surface area contributed by atoms with Gasteiger partial charge in [-0.15, -0.1) is 0 Å². The van der Waals surface area contributed by atoms with Crippen LogP contribution in [0.1, 0.15) is 50.6 Å². The maximum absolute atomic E-state index is 6.52. The van der Waals surface area contributed by atoms with E-state index in [1.807, 2.05) is 6.07 Å². The van der Waals surface area contributed by atoms with Gasteiger partial charge in [-0.3, -0.25) is 0 Å². The van der Waals surface area contributed by atoms with Crippen molar-refractivity contribution in [1.29, 1.82) is 0 Å². The van der Waals surface area contributed by atoms with Gasteiger partial charge in [-0.25, -0.2) is 0 Å². The topological polar surface area (TPSA) is 30.5 Å². The SMILES string of the molecule is CCCNC(CC1CC1)c1cc2c(cc1Cl)OCCCO2. The van der Waals surface area contributed by atoms with Gasteiger partial charge < -0.3 is 14.8 Å². The first-order valence-electron chi connectivity index (χ1n) is 8.10. The minimum absolute atomic E-state index is 0.321. The molecular formula is C17H24ClNO2. The Hall–Kier alpha value is -0.930. The van der Waals surface area contributed by atoms with Crippen molar-refractivity contribution in [3.05, 3.63) is 22.7 Å². The standard InChI is InChI=1S/C17H24ClNO2/c1-2-6-19-15(9-12-4-5-12)13-10-16-17(11-14(13)18)21-8-3-7-20-16/h10-12,15,19H,2-9H2,1H3. The van der Waals surface area contributed by atoms with Gasteiger partial charge >= 0.3 is 0 Å². The lowest BCUT2D eigenvalue weighted by Gasteiger charge is -2.21. The molecule has 116 valence electrons. The maximum Gasteiger partial charge on any atom is 0.162 e. The van der Waals surface area contributed by atoms with Gasteiger partial charge in [0.2, 0.25) is 0 Å². The lowest BCUT2D eigenvalue weighted by Crippen LogP contribution is -2.23. The minimum atomic E-state index is 0.321. The molecule has 1 unspecified atom stereocenters. The van der Waals surface area contributed by atoms with E-state index in [4.69, 9.17) is 21.1 Å². The van der Waals surface area contributed by atoms with Gasteiger partial charge in [0, 0.05) is 23.6 Å². The van der Waals surface area contributed by atoms with Crippen molar-refractivity contribution >= 4 is 11.6 Å². The number of ether oxygens (including phenoxy) is 2. The highest BCUT2D eigenvalue weighted by atomic mass is 35.5. The largest absolute Gasteiger partial charge is 0.490 e. The summed E-state index contributed by atoms with van der Waals surface area (Å²) in [7, 11) is 0. The Morgan fingerprint density at radius 2 is 1.95 bits per heavy atom. The van der Waals surface area contributed by atoms with Crippen molar-refractivity contribution in [2.45, 2.75) is 45.1 Å². The molecule has 1 aliphatic carbocycles. The van der Waals surface area contributed by atoms with Gasteiger partial charge in [0.25, 0.3) is 0 Å². The van der Waals surface area contributed by atoms with Crippen molar-refractivity contribution in [3.63, 3.8) is 0 Å². The first kappa shape index (κ1) is 15.0. The summed E-state index contributed by atoms with van der Waals surface area (Å²) in [5, 5.41) is 4.43. The van der Waals surface area contributed by atoms with Crippen molar-refractivity contribution in [2.24, 2.45) is 5.92 Å². The summed E-state index contributed by atoms with van der Waals surface area (Å²) in [5.41, 5.74) is 1.15. The van der Waals surface area contributed by atoms with E-state index in [1.54, 1.807) is 0 Å². The molecule has 0 spiro atoms. The molecule has 1 N–H and O–H groups in total. The summed E-state index contributed by atoms with van der Waals surface area (Å²) in [6.45, 7) is 4.62. The lowest BCUT2D eigenvalue weighted by molar-refractivity contribution is 0.297. The Balaban J connectivity index is 1.84. The van der Waals surface area contributed by atoms with E-state index in [-0.39, 0.29) is 0 Å². The molecular weight excluding hydrogens is 286 g/mol. The molecule has 0 amide bonds. The fourth-order valence-corrected chi connectivity index (χ4v) is 3.08. The third kappa shape index (κ3) is 3.83. The molecule has 1 heterocycles. The summed E-state index contributed by atoms with van der Waals surface area (Å²) in [5.74, 6) is 2.47. The zero-order valence-electron chi connectivity index (χ0n) is 12.7. The Bertz CT molecular complexity index is 488. The van der Waals surface area contributed by atoms with Gasteiger partial charge in [0.1, 0.15) is 0 Å². The summed E-state index contributed by atoms with van der Waals surface area (Å²) in [6.07, 6.45) is 5.92. The predicted octanol–water partition coefficient (Wildman–Crippen LogP) is 4.34. The van der Waals surface area contributed by atoms with Crippen LogP contribution in [0, 0.1) is 5.92 Å². The summed E-state index contributed by atoms with van der Waals surface area (Å²) in [4.78, 5) is 0. The number of fused-ring (bicyclic) bond motifs is 1. The zero-order valence-corrected chi connectivity index (χ0v) is 13.4. The molecule has 0 aromatic heterocycles. The molecule has 0 radical (unpaired) electrons. The molecule has 1 aromatic rings. The molecule has 0 bridgehead atoms. The first-order valence-corrected chi connectivity index (χ1v) is 8.48. The number of nitrogens with one attached hydrogen (secondary N) is 1. The van der Waals surface area contributed by atoms with Crippen LogP contribution in [-0.2, 0) is 0 Å². The quantitative estimate of drug-likeness (QED) is 0.848. The smallest absolute Gasteiger partial charge is 0.162 e. The molecule has 1 atom stereocenters. The zero-order chi connectivity index (χ0) is 14.7. The van der Waals surface area contributed by atoms with E-state index in [0.717, 1.165) is 47.4 Å². The van der Waals surface area contributed by atoms with E-state index in [1.165, 1.54) is 19.3 Å². The number of benzene rings is 1. The van der Waals surface area contributed by atoms with E-state index in [9.17, 15) is 0 Å². The third-order valence-electron chi connectivity index (χ3n) is 4.15. The number of hydrogen-bond acceptors (Lipinski definition) is 3. The summed E-state index contributed by atoms with van der Waals surface area (Å²) in [6, 6.07) is 4.33. The Morgan fingerprint density at radius 1 is 1.24 bits per heavy atom. The monoisotopic (exact) mass is 309 g/mol. The lowest BCUT2D eigenvalue weighted by atomic mass is 10.00. The number of hydrogen-bond donors (Lipinski definition) is 1. The first-order chi connectivity index (χ1) is 10.3. The molecule has 1 saturated carbocycles. The van der Waals surface area contributed by atoms with Gasteiger partial charge in [-0.05, 0) is 36.9 Å². The van der Waals surface area contributed by atoms with Crippen LogP contribution >= 0.6 is 11.6 Å². The maximum atomic E-state index is 6.52. The van der Waals surface area contributed by atoms with E-state index < -0.39 is 0 Å². The Kier molecular flexibility index (Phi) is 4.91. The summed E-state index contributed by atoms with van der Waals surface area (Å²) < 4.78 is 11.5. The van der Waals surface area contributed by atoms with Crippen LogP contribution in [-0.4, -0.2) is 19.8 Å². The Morgan fingerprint density at radius 3 is 2.62 bits per heavy atom. The normalized spacial score (nSPS) is 19.1. The van der Waals surface area contributed by atoms with E-state index in [0.29, 0.717) is 19.3 Å². The molecule has 0 saturated heterocycles. The highest BCUT2D eigenvalue weighted by Crippen LogP contribution is 2.42. The van der Waals surface area contributed by atoms with Crippen molar-refractivity contribution < 1.29 is 9.47 Å². The summed E-state index contributed by atoms with van der Waals surface area (Å²) >= 11 is 6.52. The van der Waals surface area contributed by atoms with Crippen LogP contribution in [0.25, 0.3) is 0 Å². The van der Waals surface area contributed by atoms with Crippen molar-refractivity contribution in [1.82, 2.24) is 5.32 Å². The van der Waals surface area contributed by atoms with Crippen LogP contribution in [0.15, 0.2) is 12.1 Å². The van der Waals surface area contributed by atoms with Gasteiger partial charge in [-0.2, -0.15) is 0 Å². The second-order valence-corrected chi connectivity index (χ2v) is 6.46. The highest BCUT2D eigenvalue weighted by Gasteiger charge is 2.28. The fourth-order valence-electron chi connectivity index (χ4n) is 2.79. The van der Waals surface area contributed by atoms with Crippen molar-refractivity contribution in [2.75, 3.05) is 19.8 Å². The average molecular weight is 310 g/mol. The highest BCUT2D eigenvalue weighted by molar-refractivity contribution is 6.31. The van der Waals surface area contributed by atoms with Crippen molar-refractivity contribution in [3.8, 4) is 11.5 Å². The van der Waals surface area contributed by atoms with Crippen LogP contribution in [0.5, 0.6) is 11.5 Å².